The average Bonchev–Trinajstić information content (AvgIpc) is 2.61. The molecule has 0 fully saturated rings. The summed E-state index contributed by atoms with van der Waals surface area (Å²) in [6.07, 6.45) is 1.27. The molecule has 26 heavy (non-hydrogen) atoms. The van der Waals surface area contributed by atoms with Crippen molar-refractivity contribution in [2.24, 2.45) is 5.92 Å². The van der Waals surface area contributed by atoms with Crippen LogP contribution in [0.4, 0.5) is 4.79 Å². The number of alkyl carbamates (subject to hydrolysis) is 1. The van der Waals surface area contributed by atoms with Crippen LogP contribution in [0.5, 0.6) is 0 Å². The highest BCUT2D eigenvalue weighted by atomic mass is 16.5. The molecular formula is C19H28N2O5. The van der Waals surface area contributed by atoms with Gasteiger partial charge in [-0.15, -0.1) is 0 Å². The van der Waals surface area contributed by atoms with E-state index in [2.05, 4.69) is 10.6 Å². The van der Waals surface area contributed by atoms with Crippen LogP contribution in [0.15, 0.2) is 30.3 Å². The van der Waals surface area contributed by atoms with E-state index in [0.29, 0.717) is 6.42 Å². The van der Waals surface area contributed by atoms with Gasteiger partial charge in [0.15, 0.2) is 0 Å². The van der Waals surface area contributed by atoms with Crippen LogP contribution in [0, 0.1) is 5.92 Å². The largest absolute Gasteiger partial charge is 0.480 e. The van der Waals surface area contributed by atoms with Crippen molar-refractivity contribution in [2.75, 3.05) is 0 Å². The topological polar surface area (TPSA) is 105 Å². The Kier molecular flexibility index (Phi) is 9.19. The first-order chi connectivity index (χ1) is 12.3. The third kappa shape index (κ3) is 7.55. The predicted octanol–water partition coefficient (Wildman–Crippen LogP) is 2.70. The highest BCUT2D eigenvalue weighted by molar-refractivity contribution is 5.89. The molecule has 2 atom stereocenters. The Morgan fingerprint density at radius 2 is 1.77 bits per heavy atom. The minimum atomic E-state index is -1.10. The van der Waals surface area contributed by atoms with Crippen LogP contribution in [0.25, 0.3) is 0 Å². The van der Waals surface area contributed by atoms with Gasteiger partial charge in [0.1, 0.15) is 18.7 Å². The Morgan fingerprint density at radius 1 is 1.12 bits per heavy atom. The van der Waals surface area contributed by atoms with Crippen molar-refractivity contribution < 1.29 is 24.2 Å². The van der Waals surface area contributed by atoms with Crippen LogP contribution in [0.2, 0.25) is 0 Å². The van der Waals surface area contributed by atoms with Crippen LogP contribution in [-0.2, 0) is 20.9 Å². The van der Waals surface area contributed by atoms with E-state index in [4.69, 9.17) is 4.74 Å². The van der Waals surface area contributed by atoms with Gasteiger partial charge in [0, 0.05) is 0 Å². The van der Waals surface area contributed by atoms with Crippen LogP contribution in [0.1, 0.15) is 45.6 Å². The van der Waals surface area contributed by atoms with Gasteiger partial charge in [0.2, 0.25) is 5.91 Å². The lowest BCUT2D eigenvalue weighted by Crippen LogP contribution is -2.53. The molecule has 1 aromatic rings. The van der Waals surface area contributed by atoms with Crippen molar-refractivity contribution in [3.8, 4) is 0 Å². The number of nitrogens with one attached hydrogen (secondary N) is 2. The predicted molar refractivity (Wildman–Crippen MR) is 97.5 cm³/mol. The lowest BCUT2D eigenvalue weighted by atomic mass is 10.0. The summed E-state index contributed by atoms with van der Waals surface area (Å²) in [5.74, 6) is -1.89. The molecule has 0 saturated heterocycles. The third-order valence-corrected chi connectivity index (χ3v) is 3.90. The first kappa shape index (κ1) is 21.5. The summed E-state index contributed by atoms with van der Waals surface area (Å²) >= 11 is 0. The van der Waals surface area contributed by atoms with Crippen molar-refractivity contribution >= 4 is 18.0 Å². The number of benzene rings is 1. The fraction of sp³-hybridized carbons (Fsp3) is 0.526. The molecule has 0 aliphatic heterocycles. The summed E-state index contributed by atoms with van der Waals surface area (Å²) in [5.41, 5.74) is 0.836. The number of unbranched alkanes of at least 4 members (excludes halogenated alkanes) is 1. The zero-order chi connectivity index (χ0) is 19.5. The second-order valence-corrected chi connectivity index (χ2v) is 6.47. The monoisotopic (exact) mass is 364 g/mol. The first-order valence-corrected chi connectivity index (χ1v) is 8.85. The molecule has 144 valence electrons. The molecule has 3 N–H and O–H groups in total. The highest BCUT2D eigenvalue weighted by Crippen LogP contribution is 2.07. The molecular weight excluding hydrogens is 336 g/mol. The van der Waals surface area contributed by atoms with Crippen LogP contribution in [0.3, 0.4) is 0 Å². The van der Waals surface area contributed by atoms with Crippen molar-refractivity contribution in [3.05, 3.63) is 35.9 Å². The third-order valence-electron chi connectivity index (χ3n) is 3.90. The molecule has 0 bridgehead atoms. The molecule has 0 aromatic heterocycles. The number of hydrogen-bond donors (Lipinski definition) is 3. The minimum Gasteiger partial charge on any atom is -0.480 e. The molecule has 0 aliphatic rings. The van der Waals surface area contributed by atoms with E-state index in [1.807, 2.05) is 37.3 Å². The number of hydrogen-bond acceptors (Lipinski definition) is 4. The van der Waals surface area contributed by atoms with Gasteiger partial charge in [-0.25, -0.2) is 9.59 Å². The van der Waals surface area contributed by atoms with Gasteiger partial charge in [0.05, 0.1) is 0 Å². The van der Waals surface area contributed by atoms with Gasteiger partial charge < -0.3 is 20.5 Å². The van der Waals surface area contributed by atoms with Gasteiger partial charge in [-0.1, -0.05) is 63.9 Å². The van der Waals surface area contributed by atoms with Crippen molar-refractivity contribution in [1.29, 1.82) is 0 Å². The number of carbonyl (C=O) groups is 3. The number of rotatable bonds is 10. The number of carboxylic acids is 1. The first-order valence-electron chi connectivity index (χ1n) is 8.85. The Balaban J connectivity index is 2.65. The second-order valence-electron chi connectivity index (χ2n) is 6.47. The summed E-state index contributed by atoms with van der Waals surface area (Å²) in [6, 6.07) is 7.36. The Hall–Kier alpha value is -2.57. The van der Waals surface area contributed by atoms with Crippen LogP contribution >= 0.6 is 0 Å². The van der Waals surface area contributed by atoms with E-state index in [0.717, 1.165) is 18.4 Å². The maximum atomic E-state index is 12.4. The molecule has 0 heterocycles. The molecule has 0 saturated carbocycles. The number of amides is 2. The minimum absolute atomic E-state index is 0.0958. The molecule has 2 amide bonds. The average molecular weight is 364 g/mol. The summed E-state index contributed by atoms with van der Waals surface area (Å²) in [5, 5.41) is 14.3. The molecule has 7 nitrogen and oxygen atoms in total. The number of ether oxygens (including phenoxy) is 1. The maximum absolute atomic E-state index is 12.4. The van der Waals surface area contributed by atoms with Gasteiger partial charge in [-0.05, 0) is 17.9 Å². The van der Waals surface area contributed by atoms with E-state index in [1.54, 1.807) is 13.8 Å². The summed E-state index contributed by atoms with van der Waals surface area (Å²) in [6.45, 7) is 5.48. The Labute approximate surface area is 154 Å². The molecule has 7 heteroatoms. The highest BCUT2D eigenvalue weighted by Gasteiger charge is 2.28. The van der Waals surface area contributed by atoms with E-state index in [-0.39, 0.29) is 12.5 Å². The molecule has 0 unspecified atom stereocenters. The number of aliphatic carboxylic acids is 1. The van der Waals surface area contributed by atoms with Crippen molar-refractivity contribution in [3.63, 3.8) is 0 Å². The van der Waals surface area contributed by atoms with Crippen LogP contribution in [-0.4, -0.2) is 35.2 Å². The fourth-order valence-corrected chi connectivity index (χ4v) is 2.35. The van der Waals surface area contributed by atoms with Crippen molar-refractivity contribution in [1.82, 2.24) is 10.6 Å². The summed E-state index contributed by atoms with van der Waals surface area (Å²) < 4.78 is 5.14. The Morgan fingerprint density at radius 3 is 2.31 bits per heavy atom. The molecule has 1 rings (SSSR count). The SMILES string of the molecule is CCCC[C@H](NC(=O)OCc1ccccc1)C(=O)N[C@H](C(=O)O)C(C)C. The van der Waals surface area contributed by atoms with Gasteiger partial charge in [-0.2, -0.15) is 0 Å². The van der Waals surface area contributed by atoms with Gasteiger partial charge in [-0.3, -0.25) is 4.79 Å². The standard InChI is InChI=1S/C19H28N2O5/c1-4-5-11-15(17(22)21-16(13(2)3)18(23)24)20-19(25)26-12-14-9-7-6-8-10-14/h6-10,13,15-16H,4-5,11-12H2,1-3H3,(H,20,25)(H,21,22)(H,23,24)/t15-,16-/m0/s1. The zero-order valence-corrected chi connectivity index (χ0v) is 15.5. The maximum Gasteiger partial charge on any atom is 0.408 e. The second kappa shape index (κ2) is 11.1. The summed E-state index contributed by atoms with van der Waals surface area (Å²) in [7, 11) is 0. The quantitative estimate of drug-likeness (QED) is 0.592. The molecule has 0 spiro atoms. The van der Waals surface area contributed by atoms with Crippen molar-refractivity contribution in [2.45, 2.75) is 58.7 Å². The van der Waals surface area contributed by atoms with Gasteiger partial charge in [0.25, 0.3) is 0 Å². The van der Waals surface area contributed by atoms with Crippen LogP contribution < -0.4 is 10.6 Å². The molecule has 0 radical (unpaired) electrons. The lowest BCUT2D eigenvalue weighted by molar-refractivity contribution is -0.143. The number of carbonyl (C=O) groups excluding carboxylic acids is 2. The van der Waals surface area contributed by atoms with Gasteiger partial charge >= 0.3 is 12.1 Å². The normalized spacial score (nSPS) is 12.9. The lowest BCUT2D eigenvalue weighted by Gasteiger charge is -2.23. The zero-order valence-electron chi connectivity index (χ0n) is 15.5. The molecule has 1 aromatic carbocycles. The number of carboxylic acid groups (broad SMARTS) is 1. The van der Waals surface area contributed by atoms with E-state index in [1.165, 1.54) is 0 Å². The smallest absolute Gasteiger partial charge is 0.408 e. The van der Waals surface area contributed by atoms with E-state index in [9.17, 15) is 19.5 Å². The van der Waals surface area contributed by atoms with E-state index >= 15 is 0 Å². The molecule has 0 aliphatic carbocycles. The van der Waals surface area contributed by atoms with E-state index < -0.39 is 30.1 Å². The fourth-order valence-electron chi connectivity index (χ4n) is 2.35. The Bertz CT molecular complexity index is 589. The summed E-state index contributed by atoms with van der Waals surface area (Å²) in [4.78, 5) is 35.7.